The molecule has 0 radical (unpaired) electrons. The Kier molecular flexibility index (Phi) is 5.00. The van der Waals surface area contributed by atoms with Crippen LogP contribution in [0.25, 0.3) is 0 Å². The minimum atomic E-state index is -4.81. The molecule has 3 heterocycles. The predicted molar refractivity (Wildman–Crippen MR) is 120 cm³/mol. The highest BCUT2D eigenvalue weighted by Crippen LogP contribution is 2.61. The zero-order chi connectivity index (χ0) is 25.6. The number of fused-ring (bicyclic) bond motifs is 5. The fraction of sp³-hybridized carbons (Fsp3) is 0.542. The largest absolute Gasteiger partial charge is 0.544 e. The van der Waals surface area contributed by atoms with Gasteiger partial charge >= 0.3 is 6.18 Å². The van der Waals surface area contributed by atoms with Crippen LogP contribution in [0, 0.1) is 23.2 Å². The van der Waals surface area contributed by atoms with Gasteiger partial charge < -0.3 is 9.16 Å². The standard InChI is InChI=1S/C24H27F3N2O4Si/c1-21(2,3)34(6,7)32-16-11-22(4)17-18(23(16,5)33-22)20(31)29(19(17)30)14-9-8-13(12-28)15(10-14)24(25,26)27/h8-11,17-18H,1-7H3/t17?,18?,22-,23-/m0/s1. The second kappa shape index (κ2) is 6.95. The van der Waals surface area contributed by atoms with Gasteiger partial charge in [0.05, 0.1) is 34.7 Å². The maximum absolute atomic E-state index is 13.6. The van der Waals surface area contributed by atoms with Crippen molar-refractivity contribution in [3.8, 4) is 6.07 Å². The Hall–Kier alpha value is -2.64. The molecule has 2 amide bonds. The lowest BCUT2D eigenvalue weighted by atomic mass is 9.72. The van der Waals surface area contributed by atoms with E-state index in [0.717, 1.165) is 11.0 Å². The van der Waals surface area contributed by atoms with Gasteiger partial charge in [-0.1, -0.05) is 20.8 Å². The Morgan fingerprint density at radius 2 is 1.71 bits per heavy atom. The van der Waals surface area contributed by atoms with Crippen LogP contribution in [0.15, 0.2) is 30.0 Å². The van der Waals surface area contributed by atoms with Crippen LogP contribution in [-0.4, -0.2) is 31.3 Å². The predicted octanol–water partition coefficient (Wildman–Crippen LogP) is 5.15. The molecule has 2 bridgehead atoms. The quantitative estimate of drug-likeness (QED) is 0.431. The van der Waals surface area contributed by atoms with Crippen LogP contribution in [0.2, 0.25) is 18.1 Å². The van der Waals surface area contributed by atoms with Gasteiger partial charge in [-0.3, -0.25) is 9.59 Å². The number of hydrogen-bond acceptors (Lipinski definition) is 5. The summed E-state index contributed by atoms with van der Waals surface area (Å²) in [5, 5.41) is 8.95. The summed E-state index contributed by atoms with van der Waals surface area (Å²) in [7, 11) is -2.30. The maximum atomic E-state index is 13.6. The number of amides is 2. The van der Waals surface area contributed by atoms with Gasteiger partial charge in [0.1, 0.15) is 17.0 Å². The fourth-order valence-electron chi connectivity index (χ4n) is 4.93. The number of benzene rings is 1. The zero-order valence-corrected chi connectivity index (χ0v) is 21.1. The first kappa shape index (κ1) is 24.5. The third kappa shape index (κ3) is 3.24. The molecule has 0 spiro atoms. The average molecular weight is 493 g/mol. The highest BCUT2D eigenvalue weighted by atomic mass is 28.4. The number of nitrogens with zero attached hydrogens (tertiary/aromatic N) is 2. The van der Waals surface area contributed by atoms with Gasteiger partial charge in [0, 0.05) is 0 Å². The fourth-order valence-corrected chi connectivity index (χ4v) is 6.05. The summed E-state index contributed by atoms with van der Waals surface area (Å²) < 4.78 is 53.3. The van der Waals surface area contributed by atoms with E-state index in [-0.39, 0.29) is 10.7 Å². The molecule has 2 saturated heterocycles. The highest BCUT2D eigenvalue weighted by Gasteiger charge is 2.74. The number of halogens is 3. The molecule has 10 heteroatoms. The van der Waals surface area contributed by atoms with Gasteiger partial charge in [-0.15, -0.1) is 0 Å². The Morgan fingerprint density at radius 1 is 1.12 bits per heavy atom. The Morgan fingerprint density at radius 3 is 2.24 bits per heavy atom. The minimum Gasteiger partial charge on any atom is -0.544 e. The molecule has 1 aromatic carbocycles. The van der Waals surface area contributed by atoms with E-state index in [9.17, 15) is 22.8 Å². The third-order valence-corrected chi connectivity index (χ3v) is 12.1. The normalized spacial score (nSPS) is 31.0. The number of ether oxygens (including phenoxy) is 1. The Labute approximate surface area is 197 Å². The van der Waals surface area contributed by atoms with E-state index >= 15 is 0 Å². The van der Waals surface area contributed by atoms with Crippen LogP contribution < -0.4 is 4.90 Å². The van der Waals surface area contributed by atoms with Crippen molar-refractivity contribution in [1.29, 1.82) is 5.26 Å². The van der Waals surface area contributed by atoms with Crippen molar-refractivity contribution in [3.63, 3.8) is 0 Å². The van der Waals surface area contributed by atoms with Crippen molar-refractivity contribution in [2.24, 2.45) is 11.8 Å². The van der Waals surface area contributed by atoms with Crippen molar-refractivity contribution in [3.05, 3.63) is 41.2 Å². The summed E-state index contributed by atoms with van der Waals surface area (Å²) in [5.74, 6) is -2.58. The number of imide groups is 1. The molecule has 4 rings (SSSR count). The van der Waals surface area contributed by atoms with Crippen LogP contribution in [0.3, 0.4) is 0 Å². The topological polar surface area (TPSA) is 79.6 Å². The third-order valence-electron chi connectivity index (χ3n) is 7.71. The lowest BCUT2D eigenvalue weighted by Gasteiger charge is -2.41. The second-order valence-electron chi connectivity index (χ2n) is 11.1. The minimum absolute atomic E-state index is 0.121. The smallest absolute Gasteiger partial charge is 0.417 e. The summed E-state index contributed by atoms with van der Waals surface area (Å²) in [4.78, 5) is 27.8. The van der Waals surface area contributed by atoms with Crippen molar-refractivity contribution in [2.75, 3.05) is 4.90 Å². The number of carbonyl (C=O) groups is 2. The van der Waals surface area contributed by atoms with E-state index in [0.29, 0.717) is 11.8 Å². The van der Waals surface area contributed by atoms with Crippen LogP contribution in [0.4, 0.5) is 18.9 Å². The van der Waals surface area contributed by atoms with Gasteiger partial charge in [-0.05, 0) is 56.3 Å². The van der Waals surface area contributed by atoms with Crippen molar-refractivity contribution in [1.82, 2.24) is 0 Å². The highest BCUT2D eigenvalue weighted by molar-refractivity contribution is 6.74. The average Bonchev–Trinajstić information content (AvgIpc) is 3.20. The molecule has 1 aromatic rings. The first-order valence-corrected chi connectivity index (χ1v) is 13.9. The molecule has 2 unspecified atom stereocenters. The molecule has 182 valence electrons. The zero-order valence-electron chi connectivity index (χ0n) is 20.1. The number of anilines is 1. The summed E-state index contributed by atoms with van der Waals surface area (Å²) in [6, 6.07) is 4.36. The summed E-state index contributed by atoms with van der Waals surface area (Å²) in [6.45, 7) is 13.8. The molecule has 3 aliphatic heterocycles. The molecule has 0 aliphatic carbocycles. The summed E-state index contributed by atoms with van der Waals surface area (Å²) in [6.07, 6.45) is -3.06. The molecule has 3 aliphatic rings. The van der Waals surface area contributed by atoms with Crippen molar-refractivity contribution < 1.29 is 31.9 Å². The van der Waals surface area contributed by atoms with E-state index in [1.165, 1.54) is 12.1 Å². The van der Waals surface area contributed by atoms with E-state index in [2.05, 4.69) is 33.9 Å². The van der Waals surface area contributed by atoms with Gasteiger partial charge in [0.2, 0.25) is 20.1 Å². The van der Waals surface area contributed by atoms with Gasteiger partial charge in [0.15, 0.2) is 0 Å². The molecule has 4 atom stereocenters. The van der Waals surface area contributed by atoms with E-state index in [1.54, 1.807) is 19.9 Å². The van der Waals surface area contributed by atoms with Gasteiger partial charge in [-0.25, -0.2) is 4.90 Å². The van der Waals surface area contributed by atoms with Crippen molar-refractivity contribution >= 4 is 25.8 Å². The molecule has 0 aromatic heterocycles. The number of nitriles is 1. The Bertz CT molecular complexity index is 1180. The van der Waals surface area contributed by atoms with Gasteiger partial charge in [0.25, 0.3) is 0 Å². The monoisotopic (exact) mass is 492 g/mol. The van der Waals surface area contributed by atoms with Crippen LogP contribution >= 0.6 is 0 Å². The number of carbonyl (C=O) groups excluding carboxylic acids is 2. The van der Waals surface area contributed by atoms with E-state index in [4.69, 9.17) is 14.4 Å². The van der Waals surface area contributed by atoms with E-state index < -0.39 is 60.5 Å². The van der Waals surface area contributed by atoms with Crippen LogP contribution in [0.1, 0.15) is 45.7 Å². The summed E-state index contributed by atoms with van der Waals surface area (Å²) in [5.41, 5.74) is -4.32. The molecular formula is C24H27F3N2O4Si. The molecule has 0 N–H and O–H groups in total. The first-order valence-electron chi connectivity index (χ1n) is 11.0. The lowest BCUT2D eigenvalue weighted by molar-refractivity contribution is -0.138. The number of alkyl halides is 3. The Balaban J connectivity index is 1.75. The van der Waals surface area contributed by atoms with Gasteiger partial charge in [-0.2, -0.15) is 18.4 Å². The summed E-state index contributed by atoms with van der Waals surface area (Å²) >= 11 is 0. The van der Waals surface area contributed by atoms with E-state index in [1.807, 2.05) is 0 Å². The molecule has 34 heavy (non-hydrogen) atoms. The maximum Gasteiger partial charge on any atom is 0.417 e. The lowest BCUT2D eigenvalue weighted by Crippen LogP contribution is -2.47. The van der Waals surface area contributed by atoms with Crippen LogP contribution in [-0.2, 0) is 24.9 Å². The molecule has 6 nitrogen and oxygen atoms in total. The number of hydrogen-bond donors (Lipinski definition) is 0. The number of rotatable bonds is 3. The molecule has 2 fully saturated rings. The first-order chi connectivity index (χ1) is 15.4. The van der Waals surface area contributed by atoms with Crippen LogP contribution in [0.5, 0.6) is 0 Å². The van der Waals surface area contributed by atoms with Crippen molar-refractivity contribution in [2.45, 2.75) is 70.1 Å². The second-order valence-corrected chi connectivity index (χ2v) is 15.8. The molecule has 0 saturated carbocycles. The molecular weight excluding hydrogens is 465 g/mol. The SMILES string of the molecule is CC(C)(C)[Si](C)(C)OC1=C[C@]2(C)O[C@]1(C)C1C(=O)N(c3ccc(C#N)c(C(F)(F)F)c3)C(=O)C12.